The first-order valence-corrected chi connectivity index (χ1v) is 10.0. The van der Waals surface area contributed by atoms with Crippen LogP contribution < -0.4 is 5.84 Å². The summed E-state index contributed by atoms with van der Waals surface area (Å²) in [6.07, 6.45) is 5.92. The van der Waals surface area contributed by atoms with E-state index in [9.17, 15) is 4.79 Å². The topological polar surface area (TPSA) is 77.0 Å². The van der Waals surface area contributed by atoms with Gasteiger partial charge in [-0.05, 0) is 31.2 Å². The molecule has 130 valence electrons. The summed E-state index contributed by atoms with van der Waals surface area (Å²) >= 11 is 2.93. The highest BCUT2D eigenvalue weighted by atomic mass is 32.2. The Bertz CT molecular complexity index is 679. The lowest BCUT2D eigenvalue weighted by atomic mass is 9.94. The van der Waals surface area contributed by atoms with Gasteiger partial charge >= 0.3 is 0 Å². The Balaban J connectivity index is 1.66. The van der Waals surface area contributed by atoms with Gasteiger partial charge in [0.2, 0.25) is 11.1 Å². The van der Waals surface area contributed by atoms with Crippen LogP contribution in [0.5, 0.6) is 0 Å². The van der Waals surface area contributed by atoms with Gasteiger partial charge in [-0.15, -0.1) is 21.5 Å². The van der Waals surface area contributed by atoms with Gasteiger partial charge in [-0.3, -0.25) is 4.79 Å². The van der Waals surface area contributed by atoms with Gasteiger partial charge in [-0.2, -0.15) is 0 Å². The van der Waals surface area contributed by atoms with Crippen LogP contribution in [0.25, 0.3) is 10.7 Å². The van der Waals surface area contributed by atoms with Crippen LogP contribution in [-0.4, -0.2) is 44.0 Å². The van der Waals surface area contributed by atoms with E-state index in [1.165, 1.54) is 35.7 Å². The van der Waals surface area contributed by atoms with Crippen molar-refractivity contribution >= 4 is 29.0 Å². The monoisotopic (exact) mass is 365 g/mol. The Labute approximate surface area is 150 Å². The molecule has 0 saturated heterocycles. The molecule has 2 aromatic rings. The molecule has 0 radical (unpaired) electrons. The van der Waals surface area contributed by atoms with Gasteiger partial charge in [0.05, 0.1) is 10.1 Å². The molecule has 1 fully saturated rings. The SMILES string of the molecule is C[C@@H](Sc1nnc(-c2cccs2)n1N)C(=O)N(C)C1CCCCC1. The van der Waals surface area contributed by atoms with Crippen LogP contribution in [-0.2, 0) is 4.79 Å². The molecule has 1 saturated carbocycles. The average Bonchev–Trinajstić information content (AvgIpc) is 3.25. The van der Waals surface area contributed by atoms with E-state index in [1.54, 1.807) is 11.3 Å². The molecule has 1 aliphatic carbocycles. The Kier molecular flexibility index (Phi) is 5.45. The first-order valence-electron chi connectivity index (χ1n) is 8.25. The minimum absolute atomic E-state index is 0.132. The van der Waals surface area contributed by atoms with Crippen LogP contribution in [0.15, 0.2) is 22.7 Å². The lowest BCUT2D eigenvalue weighted by Gasteiger charge is -2.32. The summed E-state index contributed by atoms with van der Waals surface area (Å²) in [5.41, 5.74) is 0. The molecule has 6 nitrogen and oxygen atoms in total. The summed E-state index contributed by atoms with van der Waals surface area (Å²) in [6.45, 7) is 1.91. The molecule has 0 unspecified atom stereocenters. The molecule has 0 aliphatic heterocycles. The van der Waals surface area contributed by atoms with Crippen molar-refractivity contribution < 1.29 is 4.79 Å². The molecule has 2 aromatic heterocycles. The molecule has 0 spiro atoms. The van der Waals surface area contributed by atoms with Crippen LogP contribution in [0, 0.1) is 0 Å². The number of hydrogen-bond acceptors (Lipinski definition) is 6. The third-order valence-electron chi connectivity index (χ3n) is 4.51. The summed E-state index contributed by atoms with van der Waals surface area (Å²) in [5.74, 6) is 6.88. The largest absolute Gasteiger partial charge is 0.342 e. The zero-order chi connectivity index (χ0) is 17.1. The Morgan fingerprint density at radius 2 is 2.17 bits per heavy atom. The number of rotatable bonds is 5. The number of amides is 1. The summed E-state index contributed by atoms with van der Waals surface area (Å²) < 4.78 is 1.47. The lowest BCUT2D eigenvalue weighted by Crippen LogP contribution is -2.42. The van der Waals surface area contributed by atoms with E-state index in [2.05, 4.69) is 10.2 Å². The van der Waals surface area contributed by atoms with Crippen LogP contribution in [0.3, 0.4) is 0 Å². The summed E-state index contributed by atoms with van der Waals surface area (Å²) in [7, 11) is 1.92. The van der Waals surface area contributed by atoms with E-state index in [4.69, 9.17) is 5.84 Å². The Morgan fingerprint density at radius 1 is 1.42 bits per heavy atom. The van der Waals surface area contributed by atoms with Crippen LogP contribution in [0.1, 0.15) is 39.0 Å². The van der Waals surface area contributed by atoms with Crippen molar-refractivity contribution in [2.24, 2.45) is 0 Å². The molecule has 3 rings (SSSR count). The van der Waals surface area contributed by atoms with Crippen molar-refractivity contribution in [2.75, 3.05) is 12.9 Å². The molecule has 8 heteroatoms. The van der Waals surface area contributed by atoms with Gasteiger partial charge < -0.3 is 10.7 Å². The number of nitrogens with two attached hydrogens (primary N) is 1. The number of thioether (sulfide) groups is 1. The molecule has 2 heterocycles. The first-order chi connectivity index (χ1) is 11.6. The van der Waals surface area contributed by atoms with Gasteiger partial charge in [0.15, 0.2) is 5.82 Å². The summed E-state index contributed by atoms with van der Waals surface area (Å²) in [4.78, 5) is 15.6. The molecular weight excluding hydrogens is 342 g/mol. The lowest BCUT2D eigenvalue weighted by molar-refractivity contribution is -0.131. The second-order valence-electron chi connectivity index (χ2n) is 6.15. The van der Waals surface area contributed by atoms with Crippen LogP contribution in [0.2, 0.25) is 0 Å². The predicted molar refractivity (Wildman–Crippen MR) is 98.4 cm³/mol. The zero-order valence-electron chi connectivity index (χ0n) is 14.0. The molecule has 1 amide bonds. The quantitative estimate of drug-likeness (QED) is 0.651. The van der Waals surface area contributed by atoms with Crippen LogP contribution >= 0.6 is 23.1 Å². The van der Waals surface area contributed by atoms with Crippen LogP contribution in [0.4, 0.5) is 0 Å². The third kappa shape index (κ3) is 3.59. The van der Waals surface area contributed by atoms with Crippen molar-refractivity contribution in [3.8, 4) is 10.7 Å². The number of carbonyl (C=O) groups excluding carboxylic acids is 1. The standard InChI is InChI=1S/C16H23N5OS2/c1-11(15(22)20(2)12-7-4-3-5-8-12)24-16-19-18-14(21(16)17)13-9-6-10-23-13/h6,9-12H,3-5,7-8,17H2,1-2H3/t11-/m1/s1. The van der Waals surface area contributed by atoms with E-state index < -0.39 is 0 Å². The van der Waals surface area contributed by atoms with Gasteiger partial charge in [0, 0.05) is 13.1 Å². The van der Waals surface area contributed by atoms with E-state index in [0.29, 0.717) is 17.0 Å². The minimum atomic E-state index is -0.236. The maximum absolute atomic E-state index is 12.7. The fraction of sp³-hybridized carbons (Fsp3) is 0.562. The molecular formula is C16H23N5OS2. The number of nitrogens with zero attached hydrogens (tertiary/aromatic N) is 4. The molecule has 2 N–H and O–H groups in total. The normalized spacial score (nSPS) is 16.9. The highest BCUT2D eigenvalue weighted by Crippen LogP contribution is 2.29. The maximum atomic E-state index is 12.7. The van der Waals surface area contributed by atoms with Gasteiger partial charge in [-0.25, -0.2) is 4.68 Å². The molecule has 1 atom stereocenters. The first kappa shape index (κ1) is 17.3. The number of aromatic nitrogens is 3. The molecule has 0 bridgehead atoms. The smallest absolute Gasteiger partial charge is 0.235 e. The van der Waals surface area contributed by atoms with Crippen molar-refractivity contribution in [3.63, 3.8) is 0 Å². The minimum Gasteiger partial charge on any atom is -0.342 e. The van der Waals surface area contributed by atoms with Crippen molar-refractivity contribution in [3.05, 3.63) is 17.5 Å². The molecule has 24 heavy (non-hydrogen) atoms. The van der Waals surface area contributed by atoms with Gasteiger partial charge in [-0.1, -0.05) is 37.1 Å². The van der Waals surface area contributed by atoms with Crippen molar-refractivity contribution in [2.45, 2.75) is 55.5 Å². The fourth-order valence-corrected chi connectivity index (χ4v) is 4.65. The fourth-order valence-electron chi connectivity index (χ4n) is 3.07. The Morgan fingerprint density at radius 3 is 2.83 bits per heavy atom. The summed E-state index contributed by atoms with van der Waals surface area (Å²) in [6, 6.07) is 4.27. The molecule has 0 aromatic carbocycles. The van der Waals surface area contributed by atoms with E-state index in [1.807, 2.05) is 36.4 Å². The maximum Gasteiger partial charge on any atom is 0.235 e. The number of carbonyl (C=O) groups is 1. The number of nitrogen functional groups attached to an aromatic ring is 1. The van der Waals surface area contributed by atoms with Crippen molar-refractivity contribution in [1.29, 1.82) is 0 Å². The zero-order valence-corrected chi connectivity index (χ0v) is 15.6. The van der Waals surface area contributed by atoms with Gasteiger partial charge in [0.25, 0.3) is 0 Å². The second kappa shape index (κ2) is 7.57. The second-order valence-corrected chi connectivity index (χ2v) is 8.41. The third-order valence-corrected chi connectivity index (χ3v) is 6.42. The van der Waals surface area contributed by atoms with E-state index in [-0.39, 0.29) is 11.2 Å². The van der Waals surface area contributed by atoms with Gasteiger partial charge in [0.1, 0.15) is 0 Å². The van der Waals surface area contributed by atoms with Crippen molar-refractivity contribution in [1.82, 2.24) is 19.8 Å². The van der Waals surface area contributed by atoms with E-state index >= 15 is 0 Å². The molecule has 1 aliphatic rings. The summed E-state index contributed by atoms with van der Waals surface area (Å²) in [5, 5.41) is 10.6. The van der Waals surface area contributed by atoms with E-state index in [0.717, 1.165) is 17.7 Å². The predicted octanol–water partition coefficient (Wildman–Crippen LogP) is 2.99. The Hall–Kier alpha value is -1.54. The highest BCUT2D eigenvalue weighted by Gasteiger charge is 2.27. The number of hydrogen-bond donors (Lipinski definition) is 1. The highest BCUT2D eigenvalue weighted by molar-refractivity contribution is 8.00. The number of thiophene rings is 1. The average molecular weight is 366 g/mol.